The molecule has 1 saturated heterocycles. The Balaban J connectivity index is 1.87. The number of nitrogens with one attached hydrogen (secondary N) is 1. The summed E-state index contributed by atoms with van der Waals surface area (Å²) in [5.74, 6) is 0. The first-order chi connectivity index (χ1) is 9.70. The summed E-state index contributed by atoms with van der Waals surface area (Å²) in [7, 11) is 0. The van der Waals surface area contributed by atoms with Crippen LogP contribution in [0.25, 0.3) is 0 Å². The van der Waals surface area contributed by atoms with Crippen molar-refractivity contribution >= 4 is 6.09 Å². The average Bonchev–Trinajstić information content (AvgIpc) is 2.47. The molecule has 2 rings (SSSR count). The molecular weight excluding hydrogens is 256 g/mol. The highest BCUT2D eigenvalue weighted by atomic mass is 16.6. The Bertz CT molecular complexity index is 424. The minimum Gasteiger partial charge on any atom is -0.450 e. The second kappa shape index (κ2) is 7.26. The van der Waals surface area contributed by atoms with Gasteiger partial charge in [-0.25, -0.2) is 4.79 Å². The molecule has 0 aliphatic carbocycles. The minimum atomic E-state index is -0.426. The molecular formula is C15H22N2O3. The number of aliphatic hydroxyl groups is 1. The first-order valence-electron chi connectivity index (χ1n) is 7.07. The molecule has 2 unspecified atom stereocenters. The zero-order valence-corrected chi connectivity index (χ0v) is 11.8. The smallest absolute Gasteiger partial charge is 0.409 e. The van der Waals surface area contributed by atoms with Gasteiger partial charge in [0.2, 0.25) is 0 Å². The third kappa shape index (κ3) is 3.95. The van der Waals surface area contributed by atoms with Gasteiger partial charge in [0.1, 0.15) is 0 Å². The van der Waals surface area contributed by atoms with E-state index in [0.29, 0.717) is 32.7 Å². The summed E-state index contributed by atoms with van der Waals surface area (Å²) in [6, 6.07) is 9.89. The number of nitrogens with zero attached hydrogens (tertiary/aromatic N) is 1. The second-order valence-electron chi connectivity index (χ2n) is 4.97. The average molecular weight is 278 g/mol. The molecule has 2 N–H and O–H groups in total. The van der Waals surface area contributed by atoms with Crippen LogP contribution in [-0.4, -0.2) is 47.9 Å². The number of benzene rings is 1. The van der Waals surface area contributed by atoms with Gasteiger partial charge in [0, 0.05) is 19.6 Å². The number of hydrogen-bond donors (Lipinski definition) is 2. The Hall–Kier alpha value is -1.59. The summed E-state index contributed by atoms with van der Waals surface area (Å²) in [6.45, 7) is 3.87. The molecule has 1 aromatic rings. The van der Waals surface area contributed by atoms with Crippen LogP contribution in [-0.2, 0) is 11.3 Å². The molecule has 0 aromatic heterocycles. The van der Waals surface area contributed by atoms with Crippen molar-refractivity contribution in [3.8, 4) is 0 Å². The van der Waals surface area contributed by atoms with Gasteiger partial charge in [-0.15, -0.1) is 0 Å². The molecule has 20 heavy (non-hydrogen) atoms. The molecule has 5 heteroatoms. The molecule has 1 aliphatic heterocycles. The number of carbonyl (C=O) groups excluding carboxylic acids is 1. The zero-order valence-electron chi connectivity index (χ0n) is 11.8. The first kappa shape index (κ1) is 14.8. The van der Waals surface area contributed by atoms with E-state index >= 15 is 0 Å². The van der Waals surface area contributed by atoms with Crippen molar-refractivity contribution in [3.63, 3.8) is 0 Å². The number of likely N-dealkylation sites (tertiary alicyclic amines) is 1. The van der Waals surface area contributed by atoms with Crippen LogP contribution in [0.1, 0.15) is 18.9 Å². The van der Waals surface area contributed by atoms with Gasteiger partial charge in [0.05, 0.1) is 18.8 Å². The topological polar surface area (TPSA) is 61.8 Å². The molecule has 0 spiro atoms. The maximum atomic E-state index is 11.7. The van der Waals surface area contributed by atoms with Crippen LogP contribution in [0.4, 0.5) is 4.79 Å². The summed E-state index contributed by atoms with van der Waals surface area (Å²) in [5.41, 5.74) is 1.16. The molecule has 110 valence electrons. The predicted octanol–water partition coefficient (Wildman–Crippen LogP) is 1.37. The molecule has 0 radical (unpaired) electrons. The van der Waals surface area contributed by atoms with Gasteiger partial charge in [-0.3, -0.25) is 0 Å². The van der Waals surface area contributed by atoms with Crippen LogP contribution in [0.3, 0.4) is 0 Å². The van der Waals surface area contributed by atoms with Crippen LogP contribution < -0.4 is 5.32 Å². The van der Waals surface area contributed by atoms with Gasteiger partial charge in [0.15, 0.2) is 0 Å². The van der Waals surface area contributed by atoms with Crippen molar-refractivity contribution in [2.75, 3.05) is 19.7 Å². The lowest BCUT2D eigenvalue weighted by Crippen LogP contribution is -2.54. The third-order valence-corrected chi connectivity index (χ3v) is 3.51. The second-order valence-corrected chi connectivity index (χ2v) is 4.97. The molecule has 1 heterocycles. The van der Waals surface area contributed by atoms with E-state index in [0.717, 1.165) is 5.56 Å². The van der Waals surface area contributed by atoms with E-state index in [4.69, 9.17) is 4.74 Å². The molecule has 1 amide bonds. The fourth-order valence-electron chi connectivity index (χ4n) is 2.37. The number of carbonyl (C=O) groups is 1. The number of hydrogen-bond acceptors (Lipinski definition) is 4. The quantitative estimate of drug-likeness (QED) is 0.873. The Morgan fingerprint density at radius 1 is 1.45 bits per heavy atom. The van der Waals surface area contributed by atoms with E-state index in [9.17, 15) is 9.90 Å². The highest BCUT2D eigenvalue weighted by Gasteiger charge is 2.30. The maximum Gasteiger partial charge on any atom is 0.409 e. The fraction of sp³-hybridized carbons (Fsp3) is 0.533. The van der Waals surface area contributed by atoms with Crippen LogP contribution in [0.2, 0.25) is 0 Å². The third-order valence-electron chi connectivity index (χ3n) is 3.51. The molecule has 0 bridgehead atoms. The van der Waals surface area contributed by atoms with Crippen molar-refractivity contribution < 1.29 is 14.6 Å². The summed E-state index contributed by atoms with van der Waals surface area (Å²) in [4.78, 5) is 13.4. The standard InChI is InChI=1S/C15H22N2O3/c1-2-20-15(19)17-9-8-14(18)13(11-17)16-10-12-6-4-3-5-7-12/h3-7,13-14,16,18H,2,8-11H2,1H3. The normalized spacial score (nSPS) is 22.6. The lowest BCUT2D eigenvalue weighted by molar-refractivity contribution is 0.0373. The van der Waals surface area contributed by atoms with Gasteiger partial charge in [0.25, 0.3) is 0 Å². The Morgan fingerprint density at radius 3 is 2.90 bits per heavy atom. The summed E-state index contributed by atoms with van der Waals surface area (Å²) < 4.78 is 5.01. The van der Waals surface area contributed by atoms with E-state index in [-0.39, 0.29) is 12.1 Å². The first-order valence-corrected chi connectivity index (χ1v) is 7.07. The Kier molecular flexibility index (Phi) is 5.38. The predicted molar refractivity (Wildman–Crippen MR) is 76.3 cm³/mol. The summed E-state index contributed by atoms with van der Waals surface area (Å²) >= 11 is 0. The largest absolute Gasteiger partial charge is 0.450 e. The number of ether oxygens (including phenoxy) is 1. The van der Waals surface area contributed by atoms with E-state index in [1.807, 2.05) is 30.3 Å². The van der Waals surface area contributed by atoms with E-state index in [2.05, 4.69) is 5.32 Å². The lowest BCUT2D eigenvalue weighted by Gasteiger charge is -2.36. The molecule has 1 aliphatic rings. The lowest BCUT2D eigenvalue weighted by atomic mass is 10.0. The van der Waals surface area contributed by atoms with E-state index in [1.165, 1.54) is 0 Å². The van der Waals surface area contributed by atoms with Crippen molar-refractivity contribution in [1.29, 1.82) is 0 Å². The molecule has 1 fully saturated rings. The number of piperidine rings is 1. The molecule has 0 saturated carbocycles. The molecule has 5 nitrogen and oxygen atoms in total. The molecule has 2 atom stereocenters. The van der Waals surface area contributed by atoms with Crippen molar-refractivity contribution in [2.24, 2.45) is 0 Å². The SMILES string of the molecule is CCOC(=O)N1CCC(O)C(NCc2ccccc2)C1. The van der Waals surface area contributed by atoms with E-state index in [1.54, 1.807) is 11.8 Å². The number of rotatable bonds is 4. The number of amides is 1. The van der Waals surface area contributed by atoms with Gasteiger partial charge in [-0.2, -0.15) is 0 Å². The van der Waals surface area contributed by atoms with Crippen LogP contribution in [0.5, 0.6) is 0 Å². The number of aliphatic hydroxyl groups excluding tert-OH is 1. The Labute approximate surface area is 119 Å². The van der Waals surface area contributed by atoms with Crippen LogP contribution in [0, 0.1) is 0 Å². The van der Waals surface area contributed by atoms with Crippen molar-refractivity contribution in [3.05, 3.63) is 35.9 Å². The van der Waals surface area contributed by atoms with Gasteiger partial charge in [-0.05, 0) is 18.9 Å². The van der Waals surface area contributed by atoms with Gasteiger partial charge >= 0.3 is 6.09 Å². The van der Waals surface area contributed by atoms with Crippen molar-refractivity contribution in [1.82, 2.24) is 10.2 Å². The van der Waals surface area contributed by atoms with Gasteiger partial charge in [-0.1, -0.05) is 30.3 Å². The summed E-state index contributed by atoms with van der Waals surface area (Å²) in [6.07, 6.45) is -0.152. The van der Waals surface area contributed by atoms with Crippen molar-refractivity contribution in [2.45, 2.75) is 32.0 Å². The minimum absolute atomic E-state index is 0.117. The van der Waals surface area contributed by atoms with Crippen LogP contribution >= 0.6 is 0 Å². The zero-order chi connectivity index (χ0) is 14.4. The van der Waals surface area contributed by atoms with Gasteiger partial charge < -0.3 is 20.1 Å². The Morgan fingerprint density at radius 2 is 2.20 bits per heavy atom. The maximum absolute atomic E-state index is 11.7. The molecule has 1 aromatic carbocycles. The fourth-order valence-corrected chi connectivity index (χ4v) is 2.37. The highest BCUT2D eigenvalue weighted by Crippen LogP contribution is 2.13. The van der Waals surface area contributed by atoms with Crippen LogP contribution in [0.15, 0.2) is 30.3 Å². The monoisotopic (exact) mass is 278 g/mol. The summed E-state index contributed by atoms with van der Waals surface area (Å²) in [5, 5.41) is 13.4. The highest BCUT2D eigenvalue weighted by molar-refractivity contribution is 5.67. The van der Waals surface area contributed by atoms with E-state index < -0.39 is 6.10 Å².